The predicted molar refractivity (Wildman–Crippen MR) is 69.1 cm³/mol. The Bertz CT molecular complexity index is 277. The average Bonchev–Trinajstić information content (AvgIpc) is 2.29. The molecular weight excluding hydrogens is 238 g/mol. The van der Waals surface area contributed by atoms with Crippen LogP contribution in [0.3, 0.4) is 0 Å². The molecule has 4 nitrogen and oxygen atoms in total. The highest BCUT2D eigenvalue weighted by Crippen LogP contribution is 2.25. The Morgan fingerprint density at radius 2 is 2.24 bits per heavy atom. The predicted octanol–water partition coefficient (Wildman–Crippen LogP) is 1.70. The number of carbonyl (C=O) groups is 2. The van der Waals surface area contributed by atoms with Crippen LogP contribution in [0.4, 0.5) is 0 Å². The molecule has 17 heavy (non-hydrogen) atoms. The van der Waals surface area contributed by atoms with Crippen molar-refractivity contribution in [3.8, 4) is 0 Å². The van der Waals surface area contributed by atoms with Gasteiger partial charge in [0.05, 0.1) is 5.92 Å². The van der Waals surface area contributed by atoms with E-state index in [0.717, 1.165) is 12.2 Å². The Labute approximate surface area is 107 Å². The molecule has 2 unspecified atom stereocenters. The van der Waals surface area contributed by atoms with E-state index in [4.69, 9.17) is 5.11 Å². The van der Waals surface area contributed by atoms with E-state index in [1.165, 1.54) is 12.2 Å². The highest BCUT2D eigenvalue weighted by Gasteiger charge is 2.21. The van der Waals surface area contributed by atoms with Gasteiger partial charge >= 0.3 is 5.97 Å². The van der Waals surface area contributed by atoms with Crippen LogP contribution in [0.25, 0.3) is 0 Å². The Hall–Kier alpha value is -0.710. The van der Waals surface area contributed by atoms with Crippen molar-refractivity contribution in [3.05, 3.63) is 0 Å². The molecule has 1 aliphatic heterocycles. The summed E-state index contributed by atoms with van der Waals surface area (Å²) in [4.78, 5) is 24.2. The van der Waals surface area contributed by atoms with E-state index in [1.54, 1.807) is 18.9 Å². The van der Waals surface area contributed by atoms with Gasteiger partial charge in [0, 0.05) is 20.0 Å². The van der Waals surface area contributed by atoms with Gasteiger partial charge in [0.2, 0.25) is 5.91 Å². The van der Waals surface area contributed by atoms with Crippen molar-refractivity contribution in [1.29, 1.82) is 0 Å². The van der Waals surface area contributed by atoms with Gasteiger partial charge in [-0.05, 0) is 30.3 Å². The summed E-state index contributed by atoms with van der Waals surface area (Å²) in [7, 11) is 1.69. The van der Waals surface area contributed by atoms with Crippen molar-refractivity contribution in [2.24, 2.45) is 11.8 Å². The number of nitrogens with zero attached hydrogens (tertiary/aromatic N) is 1. The van der Waals surface area contributed by atoms with E-state index in [0.29, 0.717) is 18.9 Å². The summed E-state index contributed by atoms with van der Waals surface area (Å²) < 4.78 is 0. The first-order valence-corrected chi connectivity index (χ1v) is 7.20. The molecule has 0 saturated carbocycles. The first-order valence-electron chi connectivity index (χ1n) is 6.05. The molecule has 1 saturated heterocycles. The second kappa shape index (κ2) is 6.89. The van der Waals surface area contributed by atoms with Crippen molar-refractivity contribution >= 4 is 23.6 Å². The van der Waals surface area contributed by atoms with Crippen LogP contribution in [-0.4, -0.2) is 47.0 Å². The van der Waals surface area contributed by atoms with Crippen molar-refractivity contribution in [3.63, 3.8) is 0 Å². The van der Waals surface area contributed by atoms with Crippen LogP contribution in [0.5, 0.6) is 0 Å². The molecule has 1 N–H and O–H groups in total. The molecule has 1 aliphatic rings. The van der Waals surface area contributed by atoms with E-state index in [9.17, 15) is 9.59 Å². The van der Waals surface area contributed by atoms with Gasteiger partial charge in [-0.15, -0.1) is 0 Å². The number of aliphatic carboxylic acids is 1. The summed E-state index contributed by atoms with van der Waals surface area (Å²) in [6.07, 6.45) is 2.88. The third-order valence-electron chi connectivity index (χ3n) is 3.11. The molecular formula is C12H21NO3S. The highest BCUT2D eigenvalue weighted by atomic mass is 32.2. The van der Waals surface area contributed by atoms with Crippen molar-refractivity contribution in [2.75, 3.05) is 25.1 Å². The maximum absolute atomic E-state index is 11.9. The van der Waals surface area contributed by atoms with E-state index >= 15 is 0 Å². The van der Waals surface area contributed by atoms with Gasteiger partial charge in [0.15, 0.2) is 0 Å². The molecule has 1 fully saturated rings. The minimum absolute atomic E-state index is 0.0746. The third-order valence-corrected chi connectivity index (χ3v) is 4.40. The lowest BCUT2D eigenvalue weighted by atomic mass is 10.0. The van der Waals surface area contributed by atoms with Crippen LogP contribution in [-0.2, 0) is 9.59 Å². The lowest BCUT2D eigenvalue weighted by molar-refractivity contribution is -0.142. The normalized spacial score (nSPS) is 21.9. The van der Waals surface area contributed by atoms with Crippen LogP contribution in [0, 0.1) is 11.8 Å². The molecule has 1 amide bonds. The highest BCUT2D eigenvalue weighted by molar-refractivity contribution is 7.99. The summed E-state index contributed by atoms with van der Waals surface area (Å²) in [5.74, 6) is 1.47. The fourth-order valence-corrected chi connectivity index (χ4v) is 3.12. The largest absolute Gasteiger partial charge is 0.481 e. The zero-order chi connectivity index (χ0) is 12.8. The smallest absolute Gasteiger partial charge is 0.308 e. The Morgan fingerprint density at radius 3 is 2.76 bits per heavy atom. The zero-order valence-corrected chi connectivity index (χ0v) is 11.3. The number of hydrogen-bond acceptors (Lipinski definition) is 3. The van der Waals surface area contributed by atoms with Gasteiger partial charge in [-0.2, -0.15) is 11.8 Å². The number of rotatable bonds is 5. The lowest BCUT2D eigenvalue weighted by Crippen LogP contribution is -2.35. The summed E-state index contributed by atoms with van der Waals surface area (Å²) in [5, 5.41) is 8.79. The van der Waals surface area contributed by atoms with Gasteiger partial charge in [-0.25, -0.2) is 0 Å². The molecule has 1 heterocycles. The van der Waals surface area contributed by atoms with Crippen molar-refractivity contribution < 1.29 is 14.7 Å². The van der Waals surface area contributed by atoms with E-state index < -0.39 is 11.9 Å². The summed E-state index contributed by atoms with van der Waals surface area (Å²) in [6.45, 7) is 1.93. The molecule has 0 aliphatic carbocycles. The number of carboxylic acid groups (broad SMARTS) is 1. The molecule has 5 heteroatoms. The number of carbonyl (C=O) groups excluding carboxylic acids is 1. The fourth-order valence-electron chi connectivity index (χ4n) is 1.96. The molecule has 0 aromatic carbocycles. The second-order valence-corrected chi connectivity index (χ2v) is 5.95. The molecule has 1 rings (SSSR count). The maximum atomic E-state index is 11.9. The summed E-state index contributed by atoms with van der Waals surface area (Å²) in [6, 6.07) is 0. The summed E-state index contributed by atoms with van der Waals surface area (Å²) in [5.41, 5.74) is 0. The van der Waals surface area contributed by atoms with Crippen LogP contribution in [0.15, 0.2) is 0 Å². The fraction of sp³-hybridized carbons (Fsp3) is 0.833. The van der Waals surface area contributed by atoms with Gasteiger partial charge in [0.25, 0.3) is 0 Å². The minimum Gasteiger partial charge on any atom is -0.481 e. The van der Waals surface area contributed by atoms with Crippen LogP contribution >= 0.6 is 11.8 Å². The van der Waals surface area contributed by atoms with Crippen molar-refractivity contribution in [2.45, 2.75) is 26.2 Å². The van der Waals surface area contributed by atoms with E-state index in [1.807, 2.05) is 11.8 Å². The minimum atomic E-state index is -0.849. The molecule has 0 aromatic rings. The van der Waals surface area contributed by atoms with Crippen LogP contribution < -0.4 is 0 Å². The third kappa shape index (κ3) is 4.98. The van der Waals surface area contributed by atoms with Crippen LogP contribution in [0.2, 0.25) is 0 Å². The second-order valence-electron chi connectivity index (χ2n) is 4.80. The molecule has 0 aromatic heterocycles. The Kier molecular flexibility index (Phi) is 5.82. The van der Waals surface area contributed by atoms with Gasteiger partial charge in [-0.3, -0.25) is 9.59 Å². The standard InChI is InChI=1S/C12H21NO3S/c1-9(12(15)16)7-13(2)11(14)6-10-4-3-5-17-8-10/h9-10H,3-8H2,1-2H3,(H,15,16). The molecule has 2 atom stereocenters. The number of hydrogen-bond donors (Lipinski definition) is 1. The average molecular weight is 259 g/mol. The zero-order valence-electron chi connectivity index (χ0n) is 10.5. The SMILES string of the molecule is CC(CN(C)C(=O)CC1CCCSC1)C(=O)O. The molecule has 0 radical (unpaired) electrons. The van der Waals surface area contributed by atoms with Gasteiger partial charge in [-0.1, -0.05) is 6.92 Å². The van der Waals surface area contributed by atoms with E-state index in [-0.39, 0.29) is 5.91 Å². The lowest BCUT2D eigenvalue weighted by Gasteiger charge is -2.25. The molecule has 0 bridgehead atoms. The first-order chi connectivity index (χ1) is 8.00. The summed E-state index contributed by atoms with van der Waals surface area (Å²) >= 11 is 1.91. The Morgan fingerprint density at radius 1 is 1.53 bits per heavy atom. The van der Waals surface area contributed by atoms with Crippen LogP contribution in [0.1, 0.15) is 26.2 Å². The monoisotopic (exact) mass is 259 g/mol. The Balaban J connectivity index is 2.33. The topological polar surface area (TPSA) is 57.6 Å². The molecule has 0 spiro atoms. The van der Waals surface area contributed by atoms with Gasteiger partial charge in [0.1, 0.15) is 0 Å². The maximum Gasteiger partial charge on any atom is 0.308 e. The number of carboxylic acids is 1. The molecule has 98 valence electrons. The van der Waals surface area contributed by atoms with E-state index in [2.05, 4.69) is 0 Å². The van der Waals surface area contributed by atoms with Gasteiger partial charge < -0.3 is 10.0 Å². The number of amides is 1. The first kappa shape index (κ1) is 14.4. The number of thioether (sulfide) groups is 1. The van der Waals surface area contributed by atoms with Crippen molar-refractivity contribution in [1.82, 2.24) is 4.90 Å². The quantitative estimate of drug-likeness (QED) is 0.816.